The van der Waals surface area contributed by atoms with Crippen molar-refractivity contribution in [3.05, 3.63) is 59.9 Å². The maximum Gasteiger partial charge on any atom is 0.338 e. The second-order valence-electron chi connectivity index (χ2n) is 8.32. The molecular formula is C25H28FN3O4. The van der Waals surface area contributed by atoms with Crippen LogP contribution in [0.1, 0.15) is 36.5 Å². The minimum atomic E-state index is -0.494. The van der Waals surface area contributed by atoms with Gasteiger partial charge in [0.05, 0.1) is 30.3 Å². The predicted octanol–water partition coefficient (Wildman–Crippen LogP) is 3.24. The standard InChI is InChI=1S/C25H28FN3O4/c1-2-3-16-33-25(32)18-4-8-21(9-5-18)29-23(30)17-22(24(29)31)28-14-12-27(13-15-28)20-10-6-19(26)7-11-20/h4-11,22H,2-3,12-17H2,1H3. The summed E-state index contributed by atoms with van der Waals surface area (Å²) in [6, 6.07) is 12.3. The van der Waals surface area contributed by atoms with Crippen molar-refractivity contribution in [3.63, 3.8) is 0 Å². The number of carbonyl (C=O) groups excluding carboxylic acids is 3. The van der Waals surface area contributed by atoms with Crippen LogP contribution in [0.3, 0.4) is 0 Å². The average Bonchev–Trinajstić information content (AvgIpc) is 3.13. The van der Waals surface area contributed by atoms with Crippen LogP contribution in [-0.4, -0.2) is 61.5 Å². The van der Waals surface area contributed by atoms with E-state index in [0.717, 1.165) is 18.5 Å². The monoisotopic (exact) mass is 453 g/mol. The second-order valence-corrected chi connectivity index (χ2v) is 8.32. The van der Waals surface area contributed by atoms with Gasteiger partial charge in [-0.25, -0.2) is 14.1 Å². The van der Waals surface area contributed by atoms with E-state index >= 15 is 0 Å². The SMILES string of the molecule is CCCCOC(=O)c1ccc(N2C(=O)CC(N3CCN(c4ccc(F)cc4)CC3)C2=O)cc1. The lowest BCUT2D eigenvalue weighted by atomic mass is 10.1. The van der Waals surface area contributed by atoms with Crippen molar-refractivity contribution in [1.82, 2.24) is 4.90 Å². The quantitative estimate of drug-likeness (QED) is 0.364. The van der Waals surface area contributed by atoms with Crippen LogP contribution in [0.2, 0.25) is 0 Å². The Morgan fingerprint density at radius 3 is 2.24 bits per heavy atom. The molecule has 0 aromatic heterocycles. The summed E-state index contributed by atoms with van der Waals surface area (Å²) in [5, 5.41) is 0. The van der Waals surface area contributed by atoms with E-state index in [9.17, 15) is 18.8 Å². The van der Waals surface area contributed by atoms with Crippen LogP contribution in [0.15, 0.2) is 48.5 Å². The molecule has 0 spiro atoms. The smallest absolute Gasteiger partial charge is 0.338 e. The second kappa shape index (κ2) is 10.1. The summed E-state index contributed by atoms with van der Waals surface area (Å²) in [6.07, 6.45) is 1.88. The van der Waals surface area contributed by atoms with Crippen LogP contribution in [0.25, 0.3) is 0 Å². The predicted molar refractivity (Wildman–Crippen MR) is 123 cm³/mol. The number of hydrogen-bond donors (Lipinski definition) is 0. The van der Waals surface area contributed by atoms with Crippen LogP contribution >= 0.6 is 0 Å². The normalized spacial score (nSPS) is 19.3. The Labute approximate surface area is 192 Å². The van der Waals surface area contributed by atoms with E-state index in [1.54, 1.807) is 36.4 Å². The van der Waals surface area contributed by atoms with Crippen LogP contribution in [0.4, 0.5) is 15.8 Å². The van der Waals surface area contributed by atoms with Crippen molar-refractivity contribution >= 4 is 29.2 Å². The number of carbonyl (C=O) groups is 3. The average molecular weight is 454 g/mol. The largest absolute Gasteiger partial charge is 0.462 e. The van der Waals surface area contributed by atoms with Crippen LogP contribution in [-0.2, 0) is 14.3 Å². The van der Waals surface area contributed by atoms with E-state index in [-0.39, 0.29) is 24.1 Å². The molecule has 2 saturated heterocycles. The van der Waals surface area contributed by atoms with Gasteiger partial charge in [0.25, 0.3) is 5.91 Å². The molecule has 0 aliphatic carbocycles. The first-order chi connectivity index (χ1) is 16.0. The summed E-state index contributed by atoms with van der Waals surface area (Å²) < 4.78 is 18.4. The van der Waals surface area contributed by atoms with E-state index in [4.69, 9.17) is 4.74 Å². The number of hydrogen-bond acceptors (Lipinski definition) is 6. The fourth-order valence-electron chi connectivity index (χ4n) is 4.26. The Balaban J connectivity index is 1.37. The zero-order valence-corrected chi connectivity index (χ0v) is 18.7. The molecule has 7 nitrogen and oxygen atoms in total. The molecule has 1 unspecified atom stereocenters. The third-order valence-corrected chi connectivity index (χ3v) is 6.16. The van der Waals surface area contributed by atoms with Gasteiger partial charge in [-0.2, -0.15) is 0 Å². The van der Waals surface area contributed by atoms with Gasteiger partial charge >= 0.3 is 5.97 Å². The van der Waals surface area contributed by atoms with Crippen molar-refractivity contribution < 1.29 is 23.5 Å². The molecule has 0 N–H and O–H groups in total. The minimum Gasteiger partial charge on any atom is -0.462 e. The first-order valence-corrected chi connectivity index (χ1v) is 11.4. The molecule has 33 heavy (non-hydrogen) atoms. The van der Waals surface area contributed by atoms with Gasteiger partial charge in [-0.05, 0) is 55.0 Å². The number of unbranched alkanes of at least 4 members (excludes halogenated alkanes) is 1. The van der Waals surface area contributed by atoms with Crippen molar-refractivity contribution in [2.45, 2.75) is 32.2 Å². The topological polar surface area (TPSA) is 70.2 Å². The van der Waals surface area contributed by atoms with Crippen molar-refractivity contribution in [1.29, 1.82) is 0 Å². The number of anilines is 2. The molecule has 0 bridgehead atoms. The molecule has 2 aliphatic heterocycles. The van der Waals surface area contributed by atoms with E-state index in [2.05, 4.69) is 4.90 Å². The van der Waals surface area contributed by atoms with E-state index in [0.29, 0.717) is 44.0 Å². The highest BCUT2D eigenvalue weighted by atomic mass is 19.1. The molecule has 4 rings (SSSR count). The van der Waals surface area contributed by atoms with Crippen molar-refractivity contribution in [2.75, 3.05) is 42.6 Å². The Bertz CT molecular complexity index is 1000. The molecule has 2 fully saturated rings. The third-order valence-electron chi connectivity index (χ3n) is 6.16. The number of halogens is 1. The highest BCUT2D eigenvalue weighted by Crippen LogP contribution is 2.27. The molecule has 2 aromatic rings. The van der Waals surface area contributed by atoms with Gasteiger partial charge in [-0.3, -0.25) is 14.5 Å². The highest BCUT2D eigenvalue weighted by Gasteiger charge is 2.43. The van der Waals surface area contributed by atoms with E-state index < -0.39 is 12.0 Å². The Hall–Kier alpha value is -3.26. The number of ether oxygens (including phenoxy) is 1. The summed E-state index contributed by atoms with van der Waals surface area (Å²) in [7, 11) is 0. The van der Waals surface area contributed by atoms with Gasteiger partial charge < -0.3 is 9.64 Å². The van der Waals surface area contributed by atoms with Crippen molar-refractivity contribution in [2.24, 2.45) is 0 Å². The number of imide groups is 1. The fraction of sp³-hybridized carbons (Fsp3) is 0.400. The van der Waals surface area contributed by atoms with E-state index in [1.807, 2.05) is 11.8 Å². The molecule has 1 atom stereocenters. The Kier molecular flexibility index (Phi) is 7.03. The number of benzene rings is 2. The molecule has 8 heteroatoms. The molecular weight excluding hydrogens is 425 g/mol. The van der Waals surface area contributed by atoms with Gasteiger partial charge in [0.2, 0.25) is 5.91 Å². The molecule has 0 saturated carbocycles. The number of nitrogens with zero attached hydrogens (tertiary/aromatic N) is 3. The number of esters is 1. The fourth-order valence-corrected chi connectivity index (χ4v) is 4.26. The van der Waals surface area contributed by atoms with Gasteiger partial charge in [0, 0.05) is 31.9 Å². The number of amides is 2. The molecule has 0 radical (unpaired) electrons. The number of rotatable bonds is 7. The van der Waals surface area contributed by atoms with Gasteiger partial charge in [0.15, 0.2) is 0 Å². The summed E-state index contributed by atoms with van der Waals surface area (Å²) >= 11 is 0. The number of piperazine rings is 1. The van der Waals surface area contributed by atoms with Crippen LogP contribution < -0.4 is 9.80 Å². The zero-order valence-electron chi connectivity index (χ0n) is 18.7. The first-order valence-electron chi connectivity index (χ1n) is 11.4. The molecule has 2 aliphatic rings. The highest BCUT2D eigenvalue weighted by molar-refractivity contribution is 6.22. The molecule has 174 valence electrons. The minimum absolute atomic E-state index is 0.135. The van der Waals surface area contributed by atoms with Crippen LogP contribution in [0.5, 0.6) is 0 Å². The third kappa shape index (κ3) is 5.06. The molecule has 2 aromatic carbocycles. The lowest BCUT2D eigenvalue weighted by Gasteiger charge is -2.38. The van der Waals surface area contributed by atoms with Crippen molar-refractivity contribution in [3.8, 4) is 0 Å². The summed E-state index contributed by atoms with van der Waals surface area (Å²) in [6.45, 7) is 5.05. The van der Waals surface area contributed by atoms with Gasteiger partial charge in [0.1, 0.15) is 5.82 Å². The van der Waals surface area contributed by atoms with Gasteiger partial charge in [-0.15, -0.1) is 0 Å². The Morgan fingerprint density at radius 1 is 0.970 bits per heavy atom. The summed E-state index contributed by atoms with van der Waals surface area (Å²) in [5.41, 5.74) is 1.80. The first kappa shape index (κ1) is 22.9. The zero-order chi connectivity index (χ0) is 23.4. The maximum absolute atomic E-state index is 13.2. The van der Waals surface area contributed by atoms with Crippen LogP contribution in [0, 0.1) is 5.82 Å². The van der Waals surface area contributed by atoms with Gasteiger partial charge in [-0.1, -0.05) is 13.3 Å². The lowest BCUT2D eigenvalue weighted by molar-refractivity contribution is -0.123. The molecule has 2 amide bonds. The summed E-state index contributed by atoms with van der Waals surface area (Å²) in [5.74, 6) is -1.17. The molecule has 2 heterocycles. The lowest BCUT2D eigenvalue weighted by Crippen LogP contribution is -2.52. The Morgan fingerprint density at radius 2 is 1.61 bits per heavy atom. The van der Waals surface area contributed by atoms with E-state index in [1.165, 1.54) is 17.0 Å². The maximum atomic E-state index is 13.2. The summed E-state index contributed by atoms with van der Waals surface area (Å²) in [4.78, 5) is 43.3.